The molecule has 0 spiro atoms. The van der Waals surface area contributed by atoms with Gasteiger partial charge in [-0.2, -0.15) is 0 Å². The zero-order valence-electron chi connectivity index (χ0n) is 99.4. The number of aliphatic hydroxyl groups is 1. The van der Waals surface area contributed by atoms with Crippen molar-refractivity contribution in [2.24, 2.45) is 11.8 Å². The maximum atomic E-state index is 12.9. The van der Waals surface area contributed by atoms with Gasteiger partial charge in [-0.3, -0.25) is 24.1 Å². The molecule has 1 aromatic carbocycles. The van der Waals surface area contributed by atoms with Crippen LogP contribution in [0.2, 0.25) is 0 Å². The molecule has 0 amide bonds. The maximum Gasteiger partial charge on any atom is 0.514 e. The minimum atomic E-state index is -0.662. The Kier molecular flexibility index (Phi) is 114. The molecule has 0 aliphatic carbocycles. The number of aryl methyl sites for hydroxylation is 1. The Morgan fingerprint density at radius 3 is 0.797 bits per heavy atom. The van der Waals surface area contributed by atoms with Crippen LogP contribution in [0.1, 0.15) is 589 Å². The van der Waals surface area contributed by atoms with Gasteiger partial charge in [0.2, 0.25) is 0 Å². The molecule has 18 nitrogen and oxygen atoms in total. The Bertz CT molecular complexity index is 2960. The fourth-order valence-electron chi connectivity index (χ4n) is 18.8. The first-order valence-electron chi connectivity index (χ1n) is 63.2. The van der Waals surface area contributed by atoms with Crippen LogP contribution in [0.3, 0.4) is 0 Å². The van der Waals surface area contributed by atoms with Gasteiger partial charge >= 0.3 is 36.2 Å². The number of unbranched alkanes of at least 4 members (excludes halogenated alkanes) is 56. The average Bonchev–Trinajstić information content (AvgIpc) is 0.885. The summed E-state index contributed by atoms with van der Waals surface area (Å²) < 4.78 is 44.9. The Hall–Kier alpha value is -5.56. The van der Waals surface area contributed by atoms with Crippen molar-refractivity contribution in [2.75, 3.05) is 92.0 Å². The summed E-state index contributed by atoms with van der Waals surface area (Å²) >= 11 is 0. The van der Waals surface area contributed by atoms with Crippen LogP contribution < -0.4 is 4.74 Å². The van der Waals surface area contributed by atoms with E-state index in [-0.39, 0.29) is 36.1 Å². The number of esters is 4. The summed E-state index contributed by atoms with van der Waals surface area (Å²) in [5, 5.41) is 8.95. The molecule has 148 heavy (non-hydrogen) atoms. The van der Waals surface area contributed by atoms with Gasteiger partial charge in [-0.1, -0.05) is 392 Å². The lowest BCUT2D eigenvalue weighted by molar-refractivity contribution is -0.144. The summed E-state index contributed by atoms with van der Waals surface area (Å²) in [4.78, 5) is 81.9. The summed E-state index contributed by atoms with van der Waals surface area (Å²) in [7, 11) is 0. The van der Waals surface area contributed by atoms with Gasteiger partial charge in [-0.15, -0.1) is 0 Å². The fourth-order valence-corrected chi connectivity index (χ4v) is 18.8. The molecule has 0 aliphatic rings. The number of hydrogen-bond acceptors (Lipinski definition) is 18. The van der Waals surface area contributed by atoms with E-state index in [4.69, 9.17) is 43.0 Å². The predicted octanol–water partition coefficient (Wildman–Crippen LogP) is 37.9. The number of carbonyl (C=O) groups is 6. The van der Waals surface area contributed by atoms with E-state index < -0.39 is 12.3 Å². The highest BCUT2D eigenvalue weighted by Gasteiger charge is 2.21. The molecule has 866 valence electrons. The SMILES string of the molecule is CCCCCCCC/C=C\CCCCCCCC(=O)OCCCCCCC(CCCCCCOC(=O)CCCCCCC/C=C\CCCCCCCC)OC(=O)OCCN(CCN(CC)CC)C(C)C.CCCCCCCC/C=C\CCCCCCCC(=O)OCCCCCCC(CCCCCCOC(=O)CCCCCCC/C=C\CCCCCCCC)OC(=O)Oc1ccc(C)cc1.CCN(CC)CCC(CCO)C(C)C. The molecule has 0 aromatic heterocycles. The Morgan fingerprint density at radius 1 is 0.270 bits per heavy atom. The third-order valence-electron chi connectivity index (χ3n) is 29.1. The van der Waals surface area contributed by atoms with Gasteiger partial charge in [0.05, 0.1) is 26.4 Å². The van der Waals surface area contributed by atoms with E-state index in [9.17, 15) is 28.8 Å². The number of hydrogen-bond donors (Lipinski definition) is 1. The number of carbonyl (C=O) groups excluding carboxylic acids is 6. The standard InChI is InChI=1S/C61H116N2O7.C57H98O7.C12H27NO/c1-7-11-13-15-17-19-21-23-25-27-29-31-33-35-43-49-59(64)67-54-45-39-37-41-47-58(70-61(66)69-56-53-63(57(5)6)52-51-62(9-3)10-4)48-42-38-40-46-55-68-60(65)50-44-36-34-32-30-28-26-24-22-20-18-16-14-12-8-2;1-4-6-8-10-12-14-16-18-20-22-24-26-28-30-38-44-55(58)61-50-40-34-32-36-42-53(63-57(60)64-54-48-46-52(3)47-49-54)43-37-33-35-41-51-62-56(59)45-39-31-29-27-25-23-21-19-17-15-13-11-9-7-5-2;1-5-13(6-2)9-7-12(8-10-14)11(3)4/h23-26,57-58H,7-22,27-56H2,1-6H3;18-21,46-49,53H,4-17,22-45,50-51H2,1-3H3;11-12,14H,5-10H2,1-4H3/b25-23-,26-24-;20-18-,21-19-;. The lowest BCUT2D eigenvalue weighted by Crippen LogP contribution is -2.40. The van der Waals surface area contributed by atoms with Crippen LogP contribution in [-0.4, -0.2) is 166 Å². The molecule has 0 aliphatic heterocycles. The number of allylic oxidation sites excluding steroid dienone is 8. The monoisotopic (exact) mass is 2080 g/mol. The quantitative estimate of drug-likeness (QED) is 0.0212. The van der Waals surface area contributed by atoms with Gasteiger partial charge in [0.1, 0.15) is 24.6 Å². The summed E-state index contributed by atoms with van der Waals surface area (Å²) in [6.45, 7) is 39.4. The van der Waals surface area contributed by atoms with Crippen molar-refractivity contribution in [1.82, 2.24) is 14.7 Å². The molecule has 0 radical (unpaired) electrons. The van der Waals surface area contributed by atoms with Gasteiger partial charge in [-0.25, -0.2) is 9.59 Å². The van der Waals surface area contributed by atoms with Gasteiger partial charge < -0.3 is 52.8 Å². The van der Waals surface area contributed by atoms with Crippen molar-refractivity contribution in [3.05, 3.63) is 78.4 Å². The summed E-state index contributed by atoms with van der Waals surface area (Å²) in [5.74, 6) is 1.55. The van der Waals surface area contributed by atoms with Crippen molar-refractivity contribution in [2.45, 2.75) is 609 Å². The highest BCUT2D eigenvalue weighted by atomic mass is 16.7. The lowest BCUT2D eigenvalue weighted by Gasteiger charge is -2.29. The molecular weight excluding hydrogens is 1840 g/mol. The van der Waals surface area contributed by atoms with Crippen LogP contribution in [0.25, 0.3) is 0 Å². The molecule has 1 unspecified atom stereocenters. The maximum absolute atomic E-state index is 12.9. The Labute approximate surface area is 914 Å². The molecule has 0 heterocycles. The topological polar surface area (TPSA) is 206 Å². The smallest absolute Gasteiger partial charge is 0.466 e. The zero-order valence-corrected chi connectivity index (χ0v) is 99.4. The Morgan fingerprint density at radius 2 is 0.527 bits per heavy atom. The normalized spacial score (nSPS) is 12.0. The number of aliphatic hydroxyl groups excluding tert-OH is 1. The number of likely N-dealkylation sites (N-methyl/N-ethyl adjacent to an activating group) is 1. The van der Waals surface area contributed by atoms with Crippen LogP contribution >= 0.6 is 0 Å². The lowest BCUT2D eigenvalue weighted by atomic mass is 9.89. The number of ether oxygens (including phenoxy) is 8. The van der Waals surface area contributed by atoms with Crippen LogP contribution in [-0.2, 0) is 52.3 Å². The second kappa shape index (κ2) is 117. The van der Waals surface area contributed by atoms with Gasteiger partial charge in [-0.05, 0) is 296 Å². The van der Waals surface area contributed by atoms with E-state index in [1.165, 1.54) is 295 Å². The van der Waals surface area contributed by atoms with Crippen LogP contribution in [0.5, 0.6) is 5.75 Å². The zero-order chi connectivity index (χ0) is 108. The van der Waals surface area contributed by atoms with Crippen LogP contribution in [0.15, 0.2) is 72.9 Å². The summed E-state index contributed by atoms with van der Waals surface area (Å²) in [6, 6.07) is 7.74. The molecule has 0 fully saturated rings. The second-order valence-corrected chi connectivity index (χ2v) is 43.3. The highest BCUT2D eigenvalue weighted by molar-refractivity contribution is 5.70. The fraction of sp³-hybridized carbons (Fsp3) is 0.846. The van der Waals surface area contributed by atoms with E-state index in [0.29, 0.717) is 95.5 Å². The largest absolute Gasteiger partial charge is 0.514 e. The number of benzene rings is 1. The van der Waals surface area contributed by atoms with Crippen LogP contribution in [0.4, 0.5) is 9.59 Å². The minimum Gasteiger partial charge on any atom is -0.466 e. The first-order chi connectivity index (χ1) is 72.4. The van der Waals surface area contributed by atoms with Crippen molar-refractivity contribution >= 4 is 36.2 Å². The summed E-state index contributed by atoms with van der Waals surface area (Å²) in [5.41, 5.74) is 1.10. The third kappa shape index (κ3) is 107. The van der Waals surface area contributed by atoms with E-state index in [0.717, 1.165) is 231 Å². The van der Waals surface area contributed by atoms with Gasteiger partial charge in [0, 0.05) is 58.0 Å². The number of rotatable bonds is 108. The molecule has 1 N–H and O–H groups in total. The first-order valence-corrected chi connectivity index (χ1v) is 63.2. The van der Waals surface area contributed by atoms with Crippen molar-refractivity contribution in [1.29, 1.82) is 0 Å². The first kappa shape index (κ1) is 144. The summed E-state index contributed by atoms with van der Waals surface area (Å²) in [6.07, 6.45) is 104. The third-order valence-corrected chi connectivity index (χ3v) is 29.1. The average molecular weight is 2090 g/mol. The molecule has 1 atom stereocenters. The molecule has 18 heteroatoms. The molecule has 1 rings (SSSR count). The van der Waals surface area contributed by atoms with E-state index in [1.54, 1.807) is 12.1 Å². The predicted molar refractivity (Wildman–Crippen MR) is 629 cm³/mol. The molecule has 0 bridgehead atoms. The van der Waals surface area contributed by atoms with E-state index in [1.807, 2.05) is 19.1 Å². The van der Waals surface area contributed by atoms with Crippen molar-refractivity contribution in [3.63, 3.8) is 0 Å². The Balaban J connectivity index is 0. The van der Waals surface area contributed by atoms with E-state index in [2.05, 4.69) is 146 Å². The van der Waals surface area contributed by atoms with Crippen molar-refractivity contribution in [3.8, 4) is 5.75 Å². The molecule has 0 saturated carbocycles. The van der Waals surface area contributed by atoms with Gasteiger partial charge in [0.25, 0.3) is 0 Å². The van der Waals surface area contributed by atoms with E-state index >= 15 is 0 Å². The minimum absolute atomic E-state index is 0.0723. The second-order valence-electron chi connectivity index (χ2n) is 43.3. The van der Waals surface area contributed by atoms with Gasteiger partial charge in [0.15, 0.2) is 0 Å². The molecule has 1 aromatic rings. The van der Waals surface area contributed by atoms with Crippen molar-refractivity contribution < 1.29 is 71.8 Å². The molecule has 0 saturated heterocycles. The van der Waals surface area contributed by atoms with Crippen LogP contribution in [0, 0.1) is 18.8 Å². The number of nitrogens with zero attached hydrogens (tertiary/aromatic N) is 3. The molecular formula is C130H241N3O15. The highest BCUT2D eigenvalue weighted by Crippen LogP contribution is 2.25.